The predicted octanol–water partition coefficient (Wildman–Crippen LogP) is 4.16. The zero-order valence-corrected chi connectivity index (χ0v) is 14.5. The van der Waals surface area contributed by atoms with Crippen molar-refractivity contribution in [2.75, 3.05) is 5.32 Å². The lowest BCUT2D eigenvalue weighted by Crippen LogP contribution is -2.16. The second kappa shape index (κ2) is 5.54. The first-order chi connectivity index (χ1) is 12.8. The third kappa shape index (κ3) is 2.08. The first kappa shape index (κ1) is 14.9. The molecule has 1 atom stereocenters. The third-order valence-electron chi connectivity index (χ3n) is 4.49. The average molecular weight is 360 g/mol. The number of thiophene rings is 1. The highest BCUT2D eigenvalue weighted by molar-refractivity contribution is 7.13. The Bertz CT molecular complexity index is 1210. The number of allylic oxidation sites excluding steroid dienone is 1. The van der Waals surface area contributed by atoms with Crippen LogP contribution in [0.25, 0.3) is 21.6 Å². The smallest absolute Gasteiger partial charge is 0.201 e. The second-order valence-corrected chi connectivity index (χ2v) is 7.31. The summed E-state index contributed by atoms with van der Waals surface area (Å²) < 4.78 is 4.92. The van der Waals surface area contributed by atoms with Crippen LogP contribution in [0.5, 0.6) is 0 Å². The zero-order valence-electron chi connectivity index (χ0n) is 13.6. The maximum Gasteiger partial charge on any atom is 0.201 e. The molecule has 1 aliphatic heterocycles. The Labute approximate surface area is 152 Å². The fraction of sp³-hybridized carbons (Fsp3) is 0.111. The van der Waals surface area contributed by atoms with Gasteiger partial charge < -0.3 is 5.32 Å². The monoisotopic (exact) mass is 360 g/mol. The first-order valence-corrected chi connectivity index (χ1v) is 8.78. The van der Waals surface area contributed by atoms with E-state index in [4.69, 9.17) is 11.2 Å². The van der Waals surface area contributed by atoms with Gasteiger partial charge >= 0.3 is 0 Å². The number of aromatic nitrogens is 4. The van der Waals surface area contributed by atoms with E-state index >= 15 is 0 Å². The summed E-state index contributed by atoms with van der Waals surface area (Å²) in [5, 5.41) is 18.5. The Hall–Kier alpha value is -3.44. The van der Waals surface area contributed by atoms with Gasteiger partial charge in [0.25, 0.3) is 0 Å². The summed E-state index contributed by atoms with van der Waals surface area (Å²) in [6.45, 7) is 9.92. The molecule has 5 rings (SSSR count). The Morgan fingerprint density at radius 3 is 2.92 bits per heavy atom. The third-order valence-corrected chi connectivity index (χ3v) is 5.51. The van der Waals surface area contributed by atoms with Crippen molar-refractivity contribution in [2.45, 2.75) is 12.8 Å². The number of hydrogen-bond donors (Lipinski definition) is 2. The topological polar surface area (TPSA) is 84.0 Å². The molecule has 26 heavy (non-hydrogen) atoms. The van der Waals surface area contributed by atoms with E-state index in [0.717, 1.165) is 27.5 Å². The summed E-state index contributed by atoms with van der Waals surface area (Å²) in [6, 6.07) is 9.79. The minimum atomic E-state index is -0.296. The van der Waals surface area contributed by atoms with E-state index < -0.39 is 0 Å². The molecule has 0 amide bonds. The molecule has 0 saturated heterocycles. The Kier molecular flexibility index (Phi) is 3.17. The van der Waals surface area contributed by atoms with Gasteiger partial charge in [-0.15, -0.1) is 11.3 Å². The summed E-state index contributed by atoms with van der Waals surface area (Å²) >= 11 is 1.65. The number of aromatic amines is 1. The van der Waals surface area contributed by atoms with Crippen molar-refractivity contribution in [3.63, 3.8) is 0 Å². The van der Waals surface area contributed by atoms with Crippen LogP contribution in [0.1, 0.15) is 26.8 Å². The van der Waals surface area contributed by atoms with E-state index in [1.807, 2.05) is 24.3 Å². The standard InChI is InChI=1S/C18H12N6OS/c1-9-6-7-13(26-9)16-17(19-2)14(11-8-20-22-18(11)21-16)10-4-3-5-12-15(10)24-25-23-12/h3-8,14H,1H3,(H2,20,21,22). The molecule has 8 heteroatoms. The van der Waals surface area contributed by atoms with Crippen molar-refractivity contribution in [1.82, 2.24) is 20.5 Å². The molecule has 0 saturated carbocycles. The van der Waals surface area contributed by atoms with E-state index in [1.54, 1.807) is 17.5 Å². The number of benzene rings is 1. The average Bonchev–Trinajstić information content (AvgIpc) is 3.39. The van der Waals surface area contributed by atoms with Gasteiger partial charge in [-0.05, 0) is 41.0 Å². The van der Waals surface area contributed by atoms with E-state index in [0.29, 0.717) is 16.7 Å². The summed E-state index contributed by atoms with van der Waals surface area (Å²) in [5.74, 6) is 0.493. The van der Waals surface area contributed by atoms with E-state index in [1.165, 1.54) is 4.88 Å². The van der Waals surface area contributed by atoms with Gasteiger partial charge in [0.15, 0.2) is 0 Å². The van der Waals surface area contributed by atoms with Crippen LogP contribution in [0.3, 0.4) is 0 Å². The van der Waals surface area contributed by atoms with Crippen LogP contribution in [-0.2, 0) is 0 Å². The van der Waals surface area contributed by atoms with Crippen LogP contribution in [0.2, 0.25) is 0 Å². The largest absolute Gasteiger partial charge is 0.349 e. The van der Waals surface area contributed by atoms with Crippen LogP contribution >= 0.6 is 11.3 Å². The van der Waals surface area contributed by atoms with Gasteiger partial charge in [0, 0.05) is 15.3 Å². The Morgan fingerprint density at radius 2 is 2.12 bits per heavy atom. The molecule has 126 valence electrons. The molecule has 4 aromatic rings. The molecule has 0 bridgehead atoms. The van der Waals surface area contributed by atoms with Crippen molar-refractivity contribution >= 4 is 33.9 Å². The van der Waals surface area contributed by atoms with Crippen molar-refractivity contribution in [1.29, 1.82) is 0 Å². The van der Waals surface area contributed by atoms with E-state index in [2.05, 4.69) is 43.7 Å². The maximum absolute atomic E-state index is 7.87. The van der Waals surface area contributed by atoms with E-state index in [9.17, 15) is 0 Å². The minimum absolute atomic E-state index is 0.296. The number of nitrogens with zero attached hydrogens (tertiary/aromatic N) is 4. The highest BCUT2D eigenvalue weighted by Crippen LogP contribution is 2.46. The number of H-pyrrole nitrogens is 1. The van der Waals surface area contributed by atoms with Gasteiger partial charge in [0.2, 0.25) is 5.70 Å². The maximum atomic E-state index is 7.87. The number of fused-ring (bicyclic) bond motifs is 2. The van der Waals surface area contributed by atoms with E-state index in [-0.39, 0.29) is 5.92 Å². The van der Waals surface area contributed by atoms with Gasteiger partial charge in [-0.3, -0.25) is 5.10 Å². The molecule has 0 fully saturated rings. The van der Waals surface area contributed by atoms with Crippen LogP contribution in [0.15, 0.2) is 46.9 Å². The fourth-order valence-electron chi connectivity index (χ4n) is 3.35. The van der Waals surface area contributed by atoms with Crippen molar-refractivity contribution in [3.05, 3.63) is 74.5 Å². The van der Waals surface area contributed by atoms with Gasteiger partial charge in [0.05, 0.1) is 24.4 Å². The van der Waals surface area contributed by atoms with Crippen LogP contribution < -0.4 is 5.32 Å². The zero-order chi connectivity index (χ0) is 17.7. The molecule has 0 spiro atoms. The lowest BCUT2D eigenvalue weighted by molar-refractivity contribution is 0.315. The number of anilines is 1. The second-order valence-electron chi connectivity index (χ2n) is 6.02. The van der Waals surface area contributed by atoms with Crippen LogP contribution in [-0.4, -0.2) is 20.5 Å². The molecule has 1 aliphatic rings. The molecule has 2 N–H and O–H groups in total. The molecule has 1 aromatic carbocycles. The molecule has 7 nitrogen and oxygen atoms in total. The van der Waals surface area contributed by atoms with Crippen LogP contribution in [0, 0.1) is 13.5 Å². The number of rotatable bonds is 2. The minimum Gasteiger partial charge on any atom is -0.349 e. The van der Waals surface area contributed by atoms with Crippen molar-refractivity contribution in [2.24, 2.45) is 0 Å². The van der Waals surface area contributed by atoms with Gasteiger partial charge in [-0.25, -0.2) is 9.47 Å². The molecular weight excluding hydrogens is 348 g/mol. The Balaban J connectivity index is 1.80. The Morgan fingerprint density at radius 1 is 1.19 bits per heavy atom. The molecule has 3 aromatic heterocycles. The number of nitrogens with one attached hydrogen (secondary N) is 2. The molecule has 4 heterocycles. The first-order valence-electron chi connectivity index (χ1n) is 7.96. The molecule has 0 aliphatic carbocycles. The predicted molar refractivity (Wildman–Crippen MR) is 98.4 cm³/mol. The fourth-order valence-corrected chi connectivity index (χ4v) is 4.22. The summed E-state index contributed by atoms with van der Waals surface area (Å²) in [7, 11) is 0. The highest BCUT2D eigenvalue weighted by atomic mass is 32.1. The van der Waals surface area contributed by atoms with Crippen molar-refractivity contribution < 1.29 is 4.63 Å². The summed E-state index contributed by atoms with van der Waals surface area (Å²) in [4.78, 5) is 6.10. The lowest BCUT2D eigenvalue weighted by atomic mass is 9.86. The summed E-state index contributed by atoms with van der Waals surface area (Å²) in [6.07, 6.45) is 1.75. The van der Waals surface area contributed by atoms with Crippen molar-refractivity contribution in [3.8, 4) is 0 Å². The van der Waals surface area contributed by atoms with Crippen LogP contribution in [0.4, 0.5) is 5.82 Å². The number of hydrogen-bond acceptors (Lipinski definition) is 6. The quantitative estimate of drug-likeness (QED) is 0.524. The SMILES string of the molecule is [C-]#[N+]C1=C(c2ccc(C)s2)Nc2[nH]ncc2C1c1cccc2nonc12. The molecule has 1 unspecified atom stereocenters. The lowest BCUT2D eigenvalue weighted by Gasteiger charge is -2.25. The molecular formula is C18H12N6OS. The van der Waals surface area contributed by atoms with Gasteiger partial charge in [0.1, 0.15) is 16.9 Å². The highest BCUT2D eigenvalue weighted by Gasteiger charge is 2.34. The summed E-state index contributed by atoms with van der Waals surface area (Å²) in [5.41, 5.74) is 4.52. The normalized spacial score (nSPS) is 16.4. The molecule has 0 radical (unpaired) electrons. The van der Waals surface area contributed by atoms with Gasteiger partial charge in [-0.1, -0.05) is 12.1 Å². The number of aryl methyl sites for hydroxylation is 1. The van der Waals surface area contributed by atoms with Gasteiger partial charge in [-0.2, -0.15) is 5.10 Å².